The summed E-state index contributed by atoms with van der Waals surface area (Å²) in [5, 5.41) is 10.9. The maximum absolute atomic E-state index is 9.53. The van der Waals surface area contributed by atoms with Gasteiger partial charge in [-0.25, -0.2) is 9.97 Å². The molecular weight excluding hydrogens is 352 g/mol. The molecule has 88 valence electrons. The summed E-state index contributed by atoms with van der Waals surface area (Å²) in [5.74, 6) is 0. The summed E-state index contributed by atoms with van der Waals surface area (Å²) in [7, 11) is 0. The highest BCUT2D eigenvalue weighted by molar-refractivity contribution is 14.1. The number of fused-ring (bicyclic) bond motifs is 1. The van der Waals surface area contributed by atoms with Gasteiger partial charge >= 0.3 is 0 Å². The Morgan fingerprint density at radius 3 is 2.94 bits per heavy atom. The van der Waals surface area contributed by atoms with E-state index in [0.29, 0.717) is 11.6 Å². The van der Waals surface area contributed by atoms with E-state index in [-0.39, 0.29) is 12.1 Å². The first-order valence-corrected chi connectivity index (χ1v) is 6.65. The Morgan fingerprint density at radius 2 is 2.24 bits per heavy atom. The number of rotatable bonds is 1. The first-order chi connectivity index (χ1) is 8.16. The molecule has 17 heavy (non-hydrogen) atoms. The predicted molar refractivity (Wildman–Crippen MR) is 74.1 cm³/mol. The van der Waals surface area contributed by atoms with Crippen molar-refractivity contribution < 1.29 is 5.11 Å². The Bertz CT molecular complexity index is 610. The number of hydrogen-bond acceptors (Lipinski definition) is 3. The normalized spacial score (nSPS) is 23.7. The van der Waals surface area contributed by atoms with Crippen molar-refractivity contribution in [2.45, 2.75) is 18.6 Å². The number of allylic oxidation sites excluding steroid dienone is 1. The van der Waals surface area contributed by atoms with Gasteiger partial charge in [0.05, 0.1) is 17.5 Å². The van der Waals surface area contributed by atoms with Crippen molar-refractivity contribution in [3.05, 3.63) is 33.4 Å². The average Bonchev–Trinajstić information content (AvgIpc) is 2.84. The van der Waals surface area contributed by atoms with Gasteiger partial charge in [-0.05, 0) is 22.6 Å². The molecule has 1 aliphatic carbocycles. The summed E-state index contributed by atoms with van der Waals surface area (Å²) in [4.78, 5) is 8.27. The van der Waals surface area contributed by atoms with Crippen LogP contribution in [0.15, 0.2) is 24.7 Å². The van der Waals surface area contributed by atoms with Crippen LogP contribution in [0.2, 0.25) is 5.15 Å². The van der Waals surface area contributed by atoms with Crippen LogP contribution in [0.5, 0.6) is 0 Å². The largest absolute Gasteiger partial charge is 0.389 e. The molecule has 0 saturated heterocycles. The van der Waals surface area contributed by atoms with Gasteiger partial charge in [0.15, 0.2) is 0 Å². The minimum absolute atomic E-state index is 0.141. The van der Waals surface area contributed by atoms with Gasteiger partial charge in [-0.15, -0.1) is 0 Å². The topological polar surface area (TPSA) is 50.9 Å². The number of aliphatic hydroxyl groups excluding tert-OH is 1. The van der Waals surface area contributed by atoms with E-state index in [2.05, 4.69) is 32.6 Å². The van der Waals surface area contributed by atoms with E-state index in [9.17, 15) is 5.11 Å². The summed E-state index contributed by atoms with van der Waals surface area (Å²) in [6.07, 6.45) is 7.59. The van der Waals surface area contributed by atoms with Crippen molar-refractivity contribution in [2.24, 2.45) is 0 Å². The van der Waals surface area contributed by atoms with E-state index in [4.69, 9.17) is 11.6 Å². The number of hydrogen-bond donors (Lipinski definition) is 1. The molecule has 3 rings (SSSR count). The van der Waals surface area contributed by atoms with Crippen molar-refractivity contribution in [1.29, 1.82) is 0 Å². The molecule has 0 aromatic carbocycles. The summed E-state index contributed by atoms with van der Waals surface area (Å²) in [5.41, 5.74) is 0.818. The summed E-state index contributed by atoms with van der Waals surface area (Å²) >= 11 is 8.30. The molecule has 4 nitrogen and oxygen atoms in total. The molecule has 0 fully saturated rings. The van der Waals surface area contributed by atoms with Gasteiger partial charge < -0.3 is 9.67 Å². The van der Waals surface area contributed by atoms with Gasteiger partial charge in [0, 0.05) is 16.2 Å². The molecule has 2 atom stereocenters. The third kappa shape index (κ3) is 1.86. The van der Waals surface area contributed by atoms with E-state index in [1.807, 2.05) is 22.9 Å². The van der Waals surface area contributed by atoms with Crippen molar-refractivity contribution in [1.82, 2.24) is 14.5 Å². The molecule has 6 heteroatoms. The van der Waals surface area contributed by atoms with Gasteiger partial charge in [0.1, 0.15) is 17.1 Å². The van der Waals surface area contributed by atoms with E-state index in [1.54, 1.807) is 0 Å². The maximum Gasteiger partial charge on any atom is 0.146 e. The SMILES string of the molecule is O[C@H]1C=CC(n2cc(I)c3c(Cl)ncnc32)C1. The Balaban J connectivity index is 2.18. The molecule has 0 saturated carbocycles. The van der Waals surface area contributed by atoms with Gasteiger partial charge in [0.25, 0.3) is 0 Å². The zero-order valence-electron chi connectivity index (χ0n) is 8.72. The summed E-state index contributed by atoms with van der Waals surface area (Å²) in [6.45, 7) is 0. The Morgan fingerprint density at radius 1 is 1.41 bits per heavy atom. The lowest BCUT2D eigenvalue weighted by molar-refractivity contribution is 0.211. The van der Waals surface area contributed by atoms with Crippen molar-refractivity contribution in [3.8, 4) is 0 Å². The third-order valence-corrected chi connectivity index (χ3v) is 4.02. The number of aromatic nitrogens is 3. The van der Waals surface area contributed by atoms with Crippen molar-refractivity contribution in [2.75, 3.05) is 0 Å². The van der Waals surface area contributed by atoms with Crippen LogP contribution in [0.25, 0.3) is 11.0 Å². The molecule has 0 spiro atoms. The maximum atomic E-state index is 9.53. The van der Waals surface area contributed by atoms with Gasteiger partial charge in [0.2, 0.25) is 0 Å². The van der Waals surface area contributed by atoms with E-state index < -0.39 is 0 Å². The van der Waals surface area contributed by atoms with Crippen LogP contribution in [0, 0.1) is 3.57 Å². The van der Waals surface area contributed by atoms with E-state index in [0.717, 1.165) is 14.6 Å². The molecule has 2 aromatic heterocycles. The molecule has 2 heterocycles. The van der Waals surface area contributed by atoms with Crippen LogP contribution in [0.3, 0.4) is 0 Å². The zero-order valence-corrected chi connectivity index (χ0v) is 11.6. The lowest BCUT2D eigenvalue weighted by Gasteiger charge is -2.11. The Kier molecular flexibility index (Phi) is 2.84. The quantitative estimate of drug-likeness (QED) is 0.482. The molecule has 0 amide bonds. The number of aliphatic hydroxyl groups is 1. The standard InChI is InChI=1S/C11H9ClIN3O/c12-10-9-8(13)4-16(11(9)15-5-14-10)6-1-2-7(17)3-6/h1-2,4-7,17H,3H2/t6?,7-/m0/s1. The molecule has 0 aliphatic heterocycles. The minimum atomic E-state index is -0.368. The van der Waals surface area contributed by atoms with Gasteiger partial charge in [-0.2, -0.15) is 0 Å². The molecule has 1 unspecified atom stereocenters. The summed E-state index contributed by atoms with van der Waals surface area (Å²) in [6, 6.07) is 0.141. The second kappa shape index (κ2) is 4.22. The summed E-state index contributed by atoms with van der Waals surface area (Å²) < 4.78 is 3.06. The molecule has 0 radical (unpaired) electrons. The third-order valence-electron chi connectivity index (χ3n) is 2.91. The highest BCUT2D eigenvalue weighted by Gasteiger charge is 2.22. The smallest absolute Gasteiger partial charge is 0.146 e. The average molecular weight is 362 g/mol. The van der Waals surface area contributed by atoms with Crippen LogP contribution < -0.4 is 0 Å². The van der Waals surface area contributed by atoms with Crippen LogP contribution in [-0.2, 0) is 0 Å². The molecule has 1 N–H and O–H groups in total. The van der Waals surface area contributed by atoms with Crippen molar-refractivity contribution in [3.63, 3.8) is 0 Å². The molecule has 2 aromatic rings. The fourth-order valence-corrected chi connectivity index (χ4v) is 3.31. The van der Waals surface area contributed by atoms with Crippen molar-refractivity contribution >= 4 is 45.2 Å². The molecular formula is C11H9ClIN3O. The number of halogens is 2. The van der Waals surface area contributed by atoms with Crippen LogP contribution in [-0.4, -0.2) is 25.7 Å². The lowest BCUT2D eigenvalue weighted by Crippen LogP contribution is -2.07. The lowest BCUT2D eigenvalue weighted by atomic mass is 10.2. The zero-order chi connectivity index (χ0) is 12.0. The number of nitrogens with zero attached hydrogens (tertiary/aromatic N) is 3. The predicted octanol–water partition coefficient (Wildman–Crippen LogP) is 2.55. The second-order valence-corrected chi connectivity index (χ2v) is 5.52. The Hall–Kier alpha value is -0.660. The minimum Gasteiger partial charge on any atom is -0.389 e. The van der Waals surface area contributed by atoms with Crippen LogP contribution >= 0.6 is 34.2 Å². The van der Waals surface area contributed by atoms with Crippen LogP contribution in [0.1, 0.15) is 12.5 Å². The van der Waals surface area contributed by atoms with Gasteiger partial charge in [-0.1, -0.05) is 23.8 Å². The fraction of sp³-hybridized carbons (Fsp3) is 0.273. The highest BCUT2D eigenvalue weighted by atomic mass is 127. The monoisotopic (exact) mass is 361 g/mol. The fourth-order valence-electron chi connectivity index (χ4n) is 2.12. The van der Waals surface area contributed by atoms with E-state index >= 15 is 0 Å². The van der Waals surface area contributed by atoms with Crippen LogP contribution in [0.4, 0.5) is 0 Å². The van der Waals surface area contributed by atoms with E-state index in [1.165, 1.54) is 6.33 Å². The Labute approximate surface area is 116 Å². The first kappa shape index (κ1) is 11.4. The van der Waals surface area contributed by atoms with Gasteiger partial charge in [-0.3, -0.25) is 0 Å². The second-order valence-electron chi connectivity index (χ2n) is 4.00. The molecule has 1 aliphatic rings. The first-order valence-electron chi connectivity index (χ1n) is 5.19. The molecule has 0 bridgehead atoms. The highest BCUT2D eigenvalue weighted by Crippen LogP contribution is 2.32.